The molecule has 0 N–H and O–H groups in total. The van der Waals surface area contributed by atoms with Crippen molar-refractivity contribution in [1.29, 1.82) is 0 Å². The van der Waals surface area contributed by atoms with Crippen LogP contribution < -0.4 is 5.56 Å². The summed E-state index contributed by atoms with van der Waals surface area (Å²) in [7, 11) is 0. The third kappa shape index (κ3) is 2.72. The second kappa shape index (κ2) is 6.36. The minimum atomic E-state index is -0.186. The minimum absolute atomic E-state index is 0.186. The summed E-state index contributed by atoms with van der Waals surface area (Å²) in [6.45, 7) is 0. The van der Waals surface area contributed by atoms with E-state index in [2.05, 4.69) is 4.98 Å². The summed E-state index contributed by atoms with van der Waals surface area (Å²) >= 11 is 12.7. The van der Waals surface area contributed by atoms with Crippen molar-refractivity contribution in [2.75, 3.05) is 0 Å². The Bertz CT molecular complexity index is 1120. The Kier molecular flexibility index (Phi) is 4.04. The summed E-state index contributed by atoms with van der Waals surface area (Å²) < 4.78 is 1.56. The molecular weight excluding hydrogens is 355 g/mol. The Hall–Kier alpha value is -2.62. The van der Waals surface area contributed by atoms with Crippen LogP contribution in [-0.2, 0) is 0 Å². The highest BCUT2D eigenvalue weighted by molar-refractivity contribution is 6.37. The van der Waals surface area contributed by atoms with E-state index < -0.39 is 0 Å². The SMILES string of the molecule is O=c1ccc2c(-c3ccncc3)cccc2n1-c1c(Cl)cccc1Cl. The first-order chi connectivity index (χ1) is 12.2. The standard InChI is InChI=1S/C20H12Cl2N2O/c21-16-4-2-5-17(22)20(16)24-18-6-1-3-14(13-9-11-23-12-10-13)15(18)7-8-19(24)25/h1-12H. The van der Waals surface area contributed by atoms with Crippen molar-refractivity contribution >= 4 is 34.1 Å². The average Bonchev–Trinajstić information content (AvgIpc) is 2.63. The number of nitrogens with zero attached hydrogens (tertiary/aromatic N) is 2. The van der Waals surface area contributed by atoms with Crippen molar-refractivity contribution in [2.24, 2.45) is 0 Å². The van der Waals surface area contributed by atoms with Gasteiger partial charge in [0.1, 0.15) is 0 Å². The molecule has 25 heavy (non-hydrogen) atoms. The molecule has 0 aliphatic heterocycles. The smallest absolute Gasteiger partial charge is 0.255 e. The summed E-state index contributed by atoms with van der Waals surface area (Å²) in [5.41, 5.74) is 3.09. The summed E-state index contributed by atoms with van der Waals surface area (Å²) in [5, 5.41) is 1.79. The number of para-hydroxylation sites is 1. The monoisotopic (exact) mass is 366 g/mol. The number of hydrogen-bond acceptors (Lipinski definition) is 2. The maximum absolute atomic E-state index is 12.6. The van der Waals surface area contributed by atoms with E-state index in [-0.39, 0.29) is 5.56 Å². The predicted octanol–water partition coefficient (Wildman–Crippen LogP) is 5.36. The summed E-state index contributed by atoms with van der Waals surface area (Å²) in [5.74, 6) is 0. The summed E-state index contributed by atoms with van der Waals surface area (Å²) in [6.07, 6.45) is 3.49. The number of aromatic nitrogens is 2. The first-order valence-electron chi connectivity index (χ1n) is 7.66. The fraction of sp³-hybridized carbons (Fsp3) is 0. The Labute approximate surface area is 154 Å². The number of halogens is 2. The number of rotatable bonds is 2. The van der Waals surface area contributed by atoms with Gasteiger partial charge in [-0.1, -0.05) is 41.4 Å². The normalized spacial score (nSPS) is 11.0. The van der Waals surface area contributed by atoms with Gasteiger partial charge in [-0.05, 0) is 47.5 Å². The zero-order valence-electron chi connectivity index (χ0n) is 13.0. The summed E-state index contributed by atoms with van der Waals surface area (Å²) in [6, 6.07) is 18.3. The third-order valence-electron chi connectivity index (χ3n) is 4.09. The van der Waals surface area contributed by atoms with Gasteiger partial charge in [0.05, 0.1) is 21.2 Å². The van der Waals surface area contributed by atoms with Crippen LogP contribution in [0.3, 0.4) is 0 Å². The first-order valence-corrected chi connectivity index (χ1v) is 8.42. The molecule has 4 aromatic rings. The largest absolute Gasteiger partial charge is 0.274 e. The van der Waals surface area contributed by atoms with E-state index in [4.69, 9.17) is 23.2 Å². The zero-order valence-corrected chi connectivity index (χ0v) is 14.5. The molecule has 0 spiro atoms. The second-order valence-electron chi connectivity index (χ2n) is 5.55. The Morgan fingerprint density at radius 1 is 0.800 bits per heavy atom. The molecule has 0 saturated heterocycles. The maximum Gasteiger partial charge on any atom is 0.255 e. The molecular formula is C20H12Cl2N2O. The molecule has 0 aliphatic rings. The highest BCUT2D eigenvalue weighted by Gasteiger charge is 2.14. The van der Waals surface area contributed by atoms with E-state index in [9.17, 15) is 4.79 Å². The topological polar surface area (TPSA) is 34.9 Å². The molecule has 4 rings (SSSR count). The quantitative estimate of drug-likeness (QED) is 0.478. The van der Waals surface area contributed by atoms with Crippen LogP contribution in [0.15, 0.2) is 77.9 Å². The van der Waals surface area contributed by atoms with Gasteiger partial charge in [-0.15, -0.1) is 0 Å². The van der Waals surface area contributed by atoms with Crippen LogP contribution in [0.4, 0.5) is 0 Å². The van der Waals surface area contributed by atoms with E-state index in [1.807, 2.05) is 36.4 Å². The first kappa shape index (κ1) is 15.9. The van der Waals surface area contributed by atoms with Gasteiger partial charge in [-0.3, -0.25) is 14.3 Å². The molecule has 2 heterocycles. The lowest BCUT2D eigenvalue weighted by Crippen LogP contribution is -2.18. The van der Waals surface area contributed by atoms with Crippen LogP contribution >= 0.6 is 23.2 Å². The zero-order chi connectivity index (χ0) is 17.4. The molecule has 0 saturated carbocycles. The van der Waals surface area contributed by atoms with Crippen LogP contribution in [-0.4, -0.2) is 9.55 Å². The van der Waals surface area contributed by atoms with E-state index in [0.29, 0.717) is 15.7 Å². The number of hydrogen-bond donors (Lipinski definition) is 0. The highest BCUT2D eigenvalue weighted by Crippen LogP contribution is 2.32. The van der Waals surface area contributed by atoms with Crippen molar-refractivity contribution in [3.63, 3.8) is 0 Å². The fourth-order valence-corrected chi connectivity index (χ4v) is 3.55. The van der Waals surface area contributed by atoms with Crippen LogP contribution in [0.5, 0.6) is 0 Å². The number of benzene rings is 2. The lowest BCUT2D eigenvalue weighted by atomic mass is 10.0. The van der Waals surface area contributed by atoms with Crippen LogP contribution in [0.25, 0.3) is 27.7 Å². The van der Waals surface area contributed by atoms with E-state index >= 15 is 0 Å². The highest BCUT2D eigenvalue weighted by atomic mass is 35.5. The van der Waals surface area contributed by atoms with Gasteiger partial charge < -0.3 is 0 Å². The van der Waals surface area contributed by atoms with Crippen molar-refractivity contribution in [3.8, 4) is 16.8 Å². The lowest BCUT2D eigenvalue weighted by Gasteiger charge is -2.15. The molecule has 0 aliphatic carbocycles. The Balaban J connectivity index is 2.11. The van der Waals surface area contributed by atoms with Gasteiger partial charge in [-0.25, -0.2) is 0 Å². The fourth-order valence-electron chi connectivity index (χ4n) is 2.99. The van der Waals surface area contributed by atoms with Gasteiger partial charge in [0, 0.05) is 23.8 Å². The summed E-state index contributed by atoms with van der Waals surface area (Å²) in [4.78, 5) is 16.7. The van der Waals surface area contributed by atoms with Crippen molar-refractivity contribution in [1.82, 2.24) is 9.55 Å². The number of fused-ring (bicyclic) bond motifs is 1. The predicted molar refractivity (Wildman–Crippen MR) is 103 cm³/mol. The van der Waals surface area contributed by atoms with E-state index in [1.54, 1.807) is 35.2 Å². The molecule has 0 bridgehead atoms. The van der Waals surface area contributed by atoms with Gasteiger partial charge in [0.25, 0.3) is 5.56 Å². The van der Waals surface area contributed by atoms with Gasteiger partial charge in [-0.2, -0.15) is 0 Å². The Morgan fingerprint density at radius 2 is 1.48 bits per heavy atom. The molecule has 0 radical (unpaired) electrons. The van der Waals surface area contributed by atoms with Crippen molar-refractivity contribution < 1.29 is 0 Å². The van der Waals surface area contributed by atoms with Crippen LogP contribution in [0, 0.1) is 0 Å². The Morgan fingerprint density at radius 3 is 2.20 bits per heavy atom. The molecule has 2 aromatic heterocycles. The average molecular weight is 367 g/mol. The molecule has 3 nitrogen and oxygen atoms in total. The third-order valence-corrected chi connectivity index (χ3v) is 4.70. The molecule has 0 unspecified atom stereocenters. The van der Waals surface area contributed by atoms with E-state index in [0.717, 1.165) is 22.0 Å². The maximum atomic E-state index is 12.6. The number of pyridine rings is 2. The molecule has 122 valence electrons. The molecule has 0 atom stereocenters. The molecule has 5 heteroatoms. The van der Waals surface area contributed by atoms with Gasteiger partial charge in [0.15, 0.2) is 0 Å². The second-order valence-corrected chi connectivity index (χ2v) is 6.37. The van der Waals surface area contributed by atoms with Gasteiger partial charge in [0.2, 0.25) is 0 Å². The molecule has 2 aromatic carbocycles. The molecule has 0 amide bonds. The van der Waals surface area contributed by atoms with Crippen LogP contribution in [0.2, 0.25) is 10.0 Å². The van der Waals surface area contributed by atoms with E-state index in [1.165, 1.54) is 6.07 Å². The van der Waals surface area contributed by atoms with Crippen molar-refractivity contribution in [3.05, 3.63) is 93.5 Å². The minimum Gasteiger partial charge on any atom is -0.274 e. The van der Waals surface area contributed by atoms with Crippen molar-refractivity contribution in [2.45, 2.75) is 0 Å². The van der Waals surface area contributed by atoms with Gasteiger partial charge >= 0.3 is 0 Å². The molecule has 0 fully saturated rings. The lowest BCUT2D eigenvalue weighted by molar-refractivity contribution is 1.04. The van der Waals surface area contributed by atoms with Crippen LogP contribution in [0.1, 0.15) is 0 Å².